The van der Waals surface area contributed by atoms with Crippen LogP contribution in [0.25, 0.3) is 0 Å². The summed E-state index contributed by atoms with van der Waals surface area (Å²) in [5.74, 6) is 5.23. The Hall–Kier alpha value is -2.31. The van der Waals surface area contributed by atoms with E-state index in [1.54, 1.807) is 12.3 Å². The fourth-order valence-corrected chi connectivity index (χ4v) is 1.71. The van der Waals surface area contributed by atoms with E-state index in [1.165, 1.54) is 0 Å². The van der Waals surface area contributed by atoms with Crippen molar-refractivity contribution in [3.63, 3.8) is 0 Å². The van der Waals surface area contributed by atoms with Crippen LogP contribution in [0.2, 0.25) is 5.15 Å². The minimum absolute atomic E-state index is 0.140. The predicted octanol–water partition coefficient (Wildman–Crippen LogP) is 3.15. The summed E-state index contributed by atoms with van der Waals surface area (Å²) in [5, 5.41) is 9.06. The molecule has 1 aromatic heterocycles. The number of carbonyl (C=O) groups is 1. The number of pyridine rings is 1. The van der Waals surface area contributed by atoms with E-state index in [4.69, 9.17) is 16.7 Å². The van der Waals surface area contributed by atoms with Crippen molar-refractivity contribution in [2.75, 3.05) is 0 Å². The Morgan fingerprint density at radius 2 is 1.75 bits per heavy atom. The minimum Gasteiger partial charge on any atom is -0.481 e. The third-order valence-electron chi connectivity index (χ3n) is 2.66. The fourth-order valence-electron chi connectivity index (χ4n) is 1.60. The number of hydrogen-bond acceptors (Lipinski definition) is 2. The highest BCUT2D eigenvalue weighted by Crippen LogP contribution is 2.07. The van der Waals surface area contributed by atoms with E-state index in [9.17, 15) is 4.79 Å². The summed E-state index contributed by atoms with van der Waals surface area (Å²) in [6.07, 6.45) is 2.29. The SMILES string of the molecule is O=C(O)CCc1ccc(C#Cc2ccc(Cl)nc2)cc1. The molecule has 0 saturated carbocycles. The molecule has 3 nitrogen and oxygen atoms in total. The number of rotatable bonds is 3. The molecule has 1 heterocycles. The lowest BCUT2D eigenvalue weighted by atomic mass is 10.1. The van der Waals surface area contributed by atoms with Gasteiger partial charge in [-0.25, -0.2) is 4.98 Å². The van der Waals surface area contributed by atoms with Gasteiger partial charge in [-0.2, -0.15) is 0 Å². The van der Waals surface area contributed by atoms with Crippen LogP contribution in [0.1, 0.15) is 23.1 Å². The molecule has 0 saturated heterocycles. The molecule has 4 heteroatoms. The third kappa shape index (κ3) is 4.42. The van der Waals surface area contributed by atoms with Crippen molar-refractivity contribution in [3.05, 3.63) is 64.4 Å². The van der Waals surface area contributed by atoms with E-state index < -0.39 is 5.97 Å². The Morgan fingerprint density at radius 3 is 2.35 bits per heavy atom. The molecule has 20 heavy (non-hydrogen) atoms. The number of halogens is 1. The van der Waals surface area contributed by atoms with Crippen molar-refractivity contribution in [2.45, 2.75) is 12.8 Å². The molecule has 0 bridgehead atoms. The van der Waals surface area contributed by atoms with E-state index in [0.717, 1.165) is 16.7 Å². The molecule has 0 radical (unpaired) electrons. The molecule has 0 aliphatic heterocycles. The van der Waals surface area contributed by atoms with Crippen LogP contribution in [0.5, 0.6) is 0 Å². The van der Waals surface area contributed by atoms with Crippen molar-refractivity contribution in [3.8, 4) is 11.8 Å². The lowest BCUT2D eigenvalue weighted by Gasteiger charge is -1.98. The normalized spacial score (nSPS) is 9.65. The van der Waals surface area contributed by atoms with Crippen LogP contribution in [0.3, 0.4) is 0 Å². The fraction of sp³-hybridized carbons (Fsp3) is 0.125. The molecule has 0 atom stereocenters. The number of nitrogens with zero attached hydrogens (tertiary/aromatic N) is 1. The largest absolute Gasteiger partial charge is 0.481 e. The standard InChI is InChI=1S/C16H12ClNO2/c17-15-9-7-14(11-18-15)6-5-12-1-3-13(4-2-12)8-10-16(19)20/h1-4,7,9,11H,8,10H2,(H,19,20). The quantitative estimate of drug-likeness (QED) is 0.696. The minimum atomic E-state index is -0.788. The Bertz CT molecular complexity index is 652. The molecule has 2 aromatic rings. The average Bonchev–Trinajstić information content (AvgIpc) is 2.45. The summed E-state index contributed by atoms with van der Waals surface area (Å²) in [5.41, 5.74) is 2.66. The lowest BCUT2D eigenvalue weighted by Crippen LogP contribution is -1.97. The number of hydrogen-bond donors (Lipinski definition) is 1. The zero-order chi connectivity index (χ0) is 14.4. The van der Waals surface area contributed by atoms with E-state index in [-0.39, 0.29) is 6.42 Å². The molecular weight excluding hydrogens is 274 g/mol. The molecule has 2 rings (SSSR count). The number of aromatic nitrogens is 1. The van der Waals surface area contributed by atoms with Gasteiger partial charge in [0.25, 0.3) is 0 Å². The number of aliphatic carboxylic acids is 1. The highest BCUT2D eigenvalue weighted by Gasteiger charge is 1.98. The van der Waals surface area contributed by atoms with E-state index in [0.29, 0.717) is 11.6 Å². The first-order valence-corrected chi connectivity index (χ1v) is 6.45. The van der Waals surface area contributed by atoms with Gasteiger partial charge in [-0.05, 0) is 36.2 Å². The van der Waals surface area contributed by atoms with Gasteiger partial charge in [0.15, 0.2) is 0 Å². The van der Waals surface area contributed by atoms with Gasteiger partial charge >= 0.3 is 5.97 Å². The molecular formula is C16H12ClNO2. The molecule has 1 N–H and O–H groups in total. The first-order chi connectivity index (χ1) is 9.63. The summed E-state index contributed by atoms with van der Waals surface area (Å²) >= 11 is 5.70. The molecule has 1 aromatic carbocycles. The highest BCUT2D eigenvalue weighted by atomic mass is 35.5. The van der Waals surface area contributed by atoms with Crippen LogP contribution in [0, 0.1) is 11.8 Å². The zero-order valence-electron chi connectivity index (χ0n) is 10.6. The first kappa shape index (κ1) is 14.1. The van der Waals surface area contributed by atoms with Crippen LogP contribution in [0.4, 0.5) is 0 Å². The second-order valence-corrected chi connectivity index (χ2v) is 4.60. The van der Waals surface area contributed by atoms with E-state index in [1.807, 2.05) is 30.3 Å². The van der Waals surface area contributed by atoms with Gasteiger partial charge in [0.2, 0.25) is 0 Å². The maximum Gasteiger partial charge on any atom is 0.303 e. The van der Waals surface area contributed by atoms with Gasteiger partial charge in [-0.1, -0.05) is 35.6 Å². The maximum absolute atomic E-state index is 10.5. The smallest absolute Gasteiger partial charge is 0.303 e. The monoisotopic (exact) mass is 285 g/mol. The van der Waals surface area contributed by atoms with Gasteiger partial charge in [-0.3, -0.25) is 4.79 Å². The highest BCUT2D eigenvalue weighted by molar-refractivity contribution is 6.29. The molecule has 0 unspecified atom stereocenters. The molecule has 0 fully saturated rings. The van der Waals surface area contributed by atoms with E-state index in [2.05, 4.69) is 16.8 Å². The van der Waals surface area contributed by atoms with Crippen molar-refractivity contribution >= 4 is 17.6 Å². The van der Waals surface area contributed by atoms with Crippen LogP contribution in [-0.4, -0.2) is 16.1 Å². The zero-order valence-corrected chi connectivity index (χ0v) is 11.4. The van der Waals surface area contributed by atoms with Gasteiger partial charge in [0.05, 0.1) is 0 Å². The van der Waals surface area contributed by atoms with Gasteiger partial charge < -0.3 is 5.11 Å². The Morgan fingerprint density at radius 1 is 1.10 bits per heavy atom. The molecule has 0 aliphatic carbocycles. The molecule has 0 amide bonds. The third-order valence-corrected chi connectivity index (χ3v) is 2.88. The summed E-state index contributed by atoms with van der Waals surface area (Å²) in [6.45, 7) is 0. The Labute approximate surface area is 122 Å². The first-order valence-electron chi connectivity index (χ1n) is 6.08. The van der Waals surface area contributed by atoms with Crippen LogP contribution < -0.4 is 0 Å². The van der Waals surface area contributed by atoms with Crippen LogP contribution in [-0.2, 0) is 11.2 Å². The van der Waals surface area contributed by atoms with Crippen molar-refractivity contribution in [2.24, 2.45) is 0 Å². The lowest BCUT2D eigenvalue weighted by molar-refractivity contribution is -0.136. The number of aryl methyl sites for hydroxylation is 1. The topological polar surface area (TPSA) is 50.2 Å². The number of carboxylic acids is 1. The summed E-state index contributed by atoms with van der Waals surface area (Å²) < 4.78 is 0. The van der Waals surface area contributed by atoms with E-state index >= 15 is 0 Å². The number of benzene rings is 1. The Balaban J connectivity index is 2.04. The summed E-state index contributed by atoms with van der Waals surface area (Å²) in [6, 6.07) is 11.1. The van der Waals surface area contributed by atoms with Gasteiger partial charge in [0.1, 0.15) is 5.15 Å². The van der Waals surface area contributed by atoms with Gasteiger partial charge in [-0.15, -0.1) is 0 Å². The Kier molecular flexibility index (Phi) is 4.75. The van der Waals surface area contributed by atoms with Crippen molar-refractivity contribution in [1.29, 1.82) is 0 Å². The van der Waals surface area contributed by atoms with Crippen molar-refractivity contribution in [1.82, 2.24) is 4.98 Å². The number of carboxylic acid groups (broad SMARTS) is 1. The second-order valence-electron chi connectivity index (χ2n) is 4.21. The maximum atomic E-state index is 10.5. The van der Waals surface area contributed by atoms with Crippen LogP contribution >= 0.6 is 11.6 Å². The molecule has 100 valence electrons. The average molecular weight is 286 g/mol. The summed E-state index contributed by atoms with van der Waals surface area (Å²) in [4.78, 5) is 14.4. The van der Waals surface area contributed by atoms with Gasteiger partial charge in [0, 0.05) is 23.7 Å². The summed E-state index contributed by atoms with van der Waals surface area (Å²) in [7, 11) is 0. The predicted molar refractivity (Wildman–Crippen MR) is 77.6 cm³/mol. The molecule has 0 aliphatic rings. The van der Waals surface area contributed by atoms with Crippen LogP contribution in [0.15, 0.2) is 42.6 Å². The van der Waals surface area contributed by atoms with Crippen molar-refractivity contribution < 1.29 is 9.90 Å². The second kappa shape index (κ2) is 6.74. The molecule has 0 spiro atoms.